The molecule has 0 bridgehead atoms. The number of hydrogen-bond donors (Lipinski definition) is 0. The summed E-state index contributed by atoms with van der Waals surface area (Å²) in [6.45, 7) is 3.39. The van der Waals surface area contributed by atoms with Gasteiger partial charge in [0.05, 0.1) is 0 Å². The van der Waals surface area contributed by atoms with E-state index in [-0.39, 0.29) is 0 Å². The van der Waals surface area contributed by atoms with Crippen LogP contribution in [0.15, 0.2) is 12.1 Å². The van der Waals surface area contributed by atoms with Gasteiger partial charge in [-0.15, -0.1) is 0 Å². The van der Waals surface area contributed by atoms with Gasteiger partial charge in [0.15, 0.2) is 11.6 Å². The number of rotatable bonds is 4. The molecule has 2 rings (SSSR count). The minimum absolute atomic E-state index is 0.599. The summed E-state index contributed by atoms with van der Waals surface area (Å²) in [5.41, 5.74) is 0.625. The number of aryl methyl sites for hydroxylation is 1. The van der Waals surface area contributed by atoms with Crippen molar-refractivity contribution in [2.75, 3.05) is 0 Å². The molecule has 0 radical (unpaired) electrons. The maximum atomic E-state index is 13.8. The molecule has 116 valence electrons. The minimum atomic E-state index is -0.808. The van der Waals surface area contributed by atoms with Crippen LogP contribution in [0.4, 0.5) is 8.78 Å². The van der Waals surface area contributed by atoms with Gasteiger partial charge in [0.25, 0.3) is 0 Å². The van der Waals surface area contributed by atoms with Gasteiger partial charge in [0.2, 0.25) is 5.75 Å². The summed E-state index contributed by atoms with van der Waals surface area (Å²) < 4.78 is 32.1. The number of carbonyl (C=O) groups is 1. The van der Waals surface area contributed by atoms with Crippen LogP contribution in [-0.2, 0) is 11.2 Å². The molecule has 2 nitrogen and oxygen atoms in total. The molecule has 0 amide bonds. The SMILES string of the molecule is CC(=O)Oc1c(F)cc(CCC2CCC(C)CC2)cc1F. The third kappa shape index (κ3) is 4.51. The minimum Gasteiger partial charge on any atom is -0.420 e. The lowest BCUT2D eigenvalue weighted by Gasteiger charge is -2.26. The zero-order valence-corrected chi connectivity index (χ0v) is 12.6. The van der Waals surface area contributed by atoms with Crippen molar-refractivity contribution < 1.29 is 18.3 Å². The molecule has 0 atom stereocenters. The largest absolute Gasteiger partial charge is 0.420 e. The van der Waals surface area contributed by atoms with Gasteiger partial charge in [0.1, 0.15) is 0 Å². The standard InChI is InChI=1S/C17H22F2O2/c1-11-3-5-13(6-4-11)7-8-14-9-15(18)17(16(19)10-14)21-12(2)20/h9-11,13H,3-8H2,1-2H3. The molecule has 0 spiro atoms. The third-order valence-corrected chi connectivity index (χ3v) is 4.28. The predicted molar refractivity (Wildman–Crippen MR) is 77.1 cm³/mol. The van der Waals surface area contributed by atoms with Crippen LogP contribution in [0.2, 0.25) is 0 Å². The average Bonchev–Trinajstić information content (AvgIpc) is 2.42. The fourth-order valence-corrected chi connectivity index (χ4v) is 2.99. The Kier molecular flexibility index (Phi) is 5.32. The Balaban J connectivity index is 1.96. The second-order valence-corrected chi connectivity index (χ2v) is 6.15. The van der Waals surface area contributed by atoms with Crippen molar-refractivity contribution >= 4 is 5.97 Å². The molecule has 0 heterocycles. The van der Waals surface area contributed by atoms with Crippen molar-refractivity contribution in [1.29, 1.82) is 0 Å². The molecule has 0 N–H and O–H groups in total. The fourth-order valence-electron chi connectivity index (χ4n) is 2.99. The van der Waals surface area contributed by atoms with E-state index in [2.05, 4.69) is 11.7 Å². The van der Waals surface area contributed by atoms with Gasteiger partial charge < -0.3 is 4.74 Å². The van der Waals surface area contributed by atoms with E-state index >= 15 is 0 Å². The molecule has 4 heteroatoms. The second-order valence-electron chi connectivity index (χ2n) is 6.15. The molecular formula is C17H22F2O2. The lowest BCUT2D eigenvalue weighted by molar-refractivity contribution is -0.132. The van der Waals surface area contributed by atoms with Crippen LogP contribution in [0.5, 0.6) is 5.75 Å². The van der Waals surface area contributed by atoms with Gasteiger partial charge in [-0.05, 0) is 42.4 Å². The van der Waals surface area contributed by atoms with Gasteiger partial charge in [-0.1, -0.05) is 32.6 Å². The van der Waals surface area contributed by atoms with Crippen molar-refractivity contribution in [2.24, 2.45) is 11.8 Å². The molecule has 21 heavy (non-hydrogen) atoms. The molecule has 1 saturated carbocycles. The summed E-state index contributed by atoms with van der Waals surface area (Å²) in [6.07, 6.45) is 6.53. The first-order chi connectivity index (χ1) is 9.95. The van der Waals surface area contributed by atoms with E-state index in [0.29, 0.717) is 17.9 Å². The van der Waals surface area contributed by atoms with Gasteiger partial charge in [0, 0.05) is 6.92 Å². The van der Waals surface area contributed by atoms with Crippen LogP contribution < -0.4 is 4.74 Å². The Labute approximate surface area is 124 Å². The number of ether oxygens (including phenoxy) is 1. The summed E-state index contributed by atoms with van der Waals surface area (Å²) >= 11 is 0. The average molecular weight is 296 g/mol. The van der Waals surface area contributed by atoms with Crippen LogP contribution in [-0.4, -0.2) is 5.97 Å². The number of carbonyl (C=O) groups excluding carboxylic acids is 1. The van der Waals surface area contributed by atoms with Crippen molar-refractivity contribution in [1.82, 2.24) is 0 Å². The molecule has 1 fully saturated rings. The van der Waals surface area contributed by atoms with Crippen molar-refractivity contribution in [3.63, 3.8) is 0 Å². The highest BCUT2D eigenvalue weighted by Gasteiger charge is 2.19. The van der Waals surface area contributed by atoms with E-state index in [1.54, 1.807) is 0 Å². The van der Waals surface area contributed by atoms with Gasteiger partial charge in [-0.25, -0.2) is 8.78 Å². The lowest BCUT2D eigenvalue weighted by Crippen LogP contribution is -2.13. The molecule has 1 aromatic carbocycles. The maximum Gasteiger partial charge on any atom is 0.308 e. The van der Waals surface area contributed by atoms with E-state index in [0.717, 1.165) is 19.3 Å². The number of esters is 1. The molecule has 1 aromatic rings. The Morgan fingerprint density at radius 3 is 2.29 bits per heavy atom. The fraction of sp³-hybridized carbons (Fsp3) is 0.588. The third-order valence-electron chi connectivity index (χ3n) is 4.28. The van der Waals surface area contributed by atoms with Crippen molar-refractivity contribution in [2.45, 2.75) is 52.4 Å². The quantitative estimate of drug-likeness (QED) is 0.597. The molecule has 0 aromatic heterocycles. The maximum absolute atomic E-state index is 13.8. The predicted octanol–water partition coefficient (Wildman–Crippen LogP) is 4.65. The van der Waals surface area contributed by atoms with Gasteiger partial charge in [-0.3, -0.25) is 4.79 Å². The molecule has 0 unspecified atom stereocenters. The summed E-state index contributed by atoms with van der Waals surface area (Å²) in [5.74, 6) is -1.48. The molecule has 0 saturated heterocycles. The summed E-state index contributed by atoms with van der Waals surface area (Å²) in [7, 11) is 0. The van der Waals surface area contributed by atoms with Crippen molar-refractivity contribution in [3.05, 3.63) is 29.3 Å². The Morgan fingerprint density at radius 1 is 1.19 bits per heavy atom. The molecular weight excluding hydrogens is 274 g/mol. The van der Waals surface area contributed by atoms with Crippen LogP contribution in [0.25, 0.3) is 0 Å². The molecule has 1 aliphatic rings. The highest BCUT2D eigenvalue weighted by molar-refractivity contribution is 5.69. The van der Waals surface area contributed by atoms with Crippen LogP contribution in [0, 0.1) is 23.5 Å². The number of halogens is 2. The summed E-state index contributed by atoms with van der Waals surface area (Å²) in [5, 5.41) is 0. The number of hydrogen-bond acceptors (Lipinski definition) is 2. The van der Waals surface area contributed by atoms with Gasteiger partial charge in [-0.2, -0.15) is 0 Å². The van der Waals surface area contributed by atoms with E-state index in [1.165, 1.54) is 37.8 Å². The van der Waals surface area contributed by atoms with Crippen molar-refractivity contribution in [3.8, 4) is 5.75 Å². The molecule has 0 aliphatic heterocycles. The topological polar surface area (TPSA) is 26.3 Å². The monoisotopic (exact) mass is 296 g/mol. The van der Waals surface area contributed by atoms with E-state index < -0.39 is 23.4 Å². The van der Waals surface area contributed by atoms with E-state index in [4.69, 9.17) is 0 Å². The van der Waals surface area contributed by atoms with E-state index in [9.17, 15) is 13.6 Å². The lowest BCUT2D eigenvalue weighted by atomic mass is 9.80. The Morgan fingerprint density at radius 2 is 1.76 bits per heavy atom. The smallest absolute Gasteiger partial charge is 0.308 e. The first-order valence-corrected chi connectivity index (χ1v) is 7.62. The highest BCUT2D eigenvalue weighted by Crippen LogP contribution is 2.32. The summed E-state index contributed by atoms with van der Waals surface area (Å²) in [6, 6.07) is 2.54. The Bertz CT molecular complexity index is 483. The van der Waals surface area contributed by atoms with Crippen LogP contribution in [0.1, 0.15) is 51.5 Å². The Hall–Kier alpha value is -1.45. The zero-order chi connectivity index (χ0) is 15.4. The first kappa shape index (κ1) is 15.9. The van der Waals surface area contributed by atoms with Crippen LogP contribution >= 0.6 is 0 Å². The highest BCUT2D eigenvalue weighted by atomic mass is 19.1. The summed E-state index contributed by atoms with van der Waals surface area (Å²) in [4.78, 5) is 10.8. The number of benzene rings is 1. The van der Waals surface area contributed by atoms with E-state index in [1.807, 2.05) is 0 Å². The molecule has 1 aliphatic carbocycles. The van der Waals surface area contributed by atoms with Gasteiger partial charge >= 0.3 is 5.97 Å². The zero-order valence-electron chi connectivity index (χ0n) is 12.6. The first-order valence-electron chi connectivity index (χ1n) is 7.62. The second kappa shape index (κ2) is 7.01. The normalized spacial score (nSPS) is 22.1. The van der Waals surface area contributed by atoms with Crippen LogP contribution in [0.3, 0.4) is 0 Å².